The van der Waals surface area contributed by atoms with Crippen molar-refractivity contribution in [1.82, 2.24) is 10.6 Å². The second-order valence-corrected chi connectivity index (χ2v) is 6.33. The Hall–Kier alpha value is -1.30. The van der Waals surface area contributed by atoms with E-state index in [-0.39, 0.29) is 12.1 Å². The SMILES string of the molecule is CCNC(=NCCOCC1CCCO1)NC(C)c1cccc(Cl)c1. The zero-order valence-electron chi connectivity index (χ0n) is 14.6. The highest BCUT2D eigenvalue weighted by atomic mass is 35.5. The van der Waals surface area contributed by atoms with E-state index in [0.29, 0.717) is 19.8 Å². The van der Waals surface area contributed by atoms with Crippen molar-refractivity contribution in [2.45, 2.75) is 38.8 Å². The van der Waals surface area contributed by atoms with Crippen LogP contribution in [0.15, 0.2) is 29.3 Å². The van der Waals surface area contributed by atoms with Crippen molar-refractivity contribution in [1.29, 1.82) is 0 Å². The quantitative estimate of drug-likeness (QED) is 0.428. The largest absolute Gasteiger partial charge is 0.377 e. The molecule has 0 radical (unpaired) electrons. The summed E-state index contributed by atoms with van der Waals surface area (Å²) in [7, 11) is 0. The minimum atomic E-state index is 0.120. The van der Waals surface area contributed by atoms with E-state index in [4.69, 9.17) is 21.1 Å². The number of nitrogens with one attached hydrogen (secondary N) is 2. The lowest BCUT2D eigenvalue weighted by Gasteiger charge is -2.18. The van der Waals surface area contributed by atoms with E-state index in [0.717, 1.165) is 42.5 Å². The average molecular weight is 354 g/mol. The minimum absolute atomic E-state index is 0.120. The highest BCUT2D eigenvalue weighted by Gasteiger charge is 2.15. The fourth-order valence-corrected chi connectivity index (χ4v) is 2.80. The molecule has 2 N–H and O–H groups in total. The van der Waals surface area contributed by atoms with Gasteiger partial charge >= 0.3 is 0 Å². The standard InChI is InChI=1S/C18H28ClN3O2/c1-3-20-18(21-9-11-23-13-17-8-5-10-24-17)22-14(2)15-6-4-7-16(19)12-15/h4,6-7,12,14,17H,3,5,8-11,13H2,1-2H3,(H2,20,21,22). The molecule has 1 aromatic carbocycles. The summed E-state index contributed by atoms with van der Waals surface area (Å²) in [4.78, 5) is 4.56. The molecule has 1 aliphatic heterocycles. The maximum Gasteiger partial charge on any atom is 0.191 e. The summed E-state index contributed by atoms with van der Waals surface area (Å²) in [6.45, 7) is 7.69. The maximum absolute atomic E-state index is 6.06. The number of halogens is 1. The first-order valence-electron chi connectivity index (χ1n) is 8.68. The van der Waals surface area contributed by atoms with Crippen molar-refractivity contribution >= 4 is 17.6 Å². The second kappa shape index (κ2) is 10.5. The predicted molar refractivity (Wildman–Crippen MR) is 98.8 cm³/mol. The zero-order chi connectivity index (χ0) is 17.2. The van der Waals surface area contributed by atoms with Crippen molar-refractivity contribution in [3.63, 3.8) is 0 Å². The highest BCUT2D eigenvalue weighted by molar-refractivity contribution is 6.30. The van der Waals surface area contributed by atoms with Gasteiger partial charge in [-0.25, -0.2) is 0 Å². The Kier molecular flexibility index (Phi) is 8.36. The van der Waals surface area contributed by atoms with Crippen molar-refractivity contribution < 1.29 is 9.47 Å². The Morgan fingerprint density at radius 1 is 1.50 bits per heavy atom. The lowest BCUT2D eigenvalue weighted by Crippen LogP contribution is -2.39. The van der Waals surface area contributed by atoms with Crippen LogP contribution in [0.4, 0.5) is 0 Å². The Bertz CT molecular complexity index is 519. The monoisotopic (exact) mass is 353 g/mol. The Labute approximate surface area is 149 Å². The van der Waals surface area contributed by atoms with Gasteiger partial charge in [-0.3, -0.25) is 4.99 Å². The molecule has 1 aromatic rings. The van der Waals surface area contributed by atoms with Crippen LogP contribution in [0.1, 0.15) is 38.3 Å². The first-order chi connectivity index (χ1) is 11.7. The summed E-state index contributed by atoms with van der Waals surface area (Å²) in [5.74, 6) is 0.783. The molecule has 6 heteroatoms. The summed E-state index contributed by atoms with van der Waals surface area (Å²) in [5.41, 5.74) is 1.13. The Balaban J connectivity index is 1.76. The van der Waals surface area contributed by atoms with Gasteiger partial charge in [0.05, 0.1) is 31.9 Å². The number of nitrogens with zero attached hydrogens (tertiary/aromatic N) is 1. The normalized spacial score (nSPS) is 19.3. The number of aliphatic imine (C=N–C) groups is 1. The van der Waals surface area contributed by atoms with E-state index in [1.807, 2.05) is 18.2 Å². The molecule has 1 saturated heterocycles. The summed E-state index contributed by atoms with van der Waals surface area (Å²) >= 11 is 6.06. The number of benzene rings is 1. The number of hydrogen-bond donors (Lipinski definition) is 2. The van der Waals surface area contributed by atoms with Gasteiger partial charge in [0, 0.05) is 18.2 Å². The van der Waals surface area contributed by atoms with Crippen molar-refractivity contribution in [2.24, 2.45) is 4.99 Å². The van der Waals surface area contributed by atoms with Gasteiger partial charge in [-0.1, -0.05) is 23.7 Å². The van der Waals surface area contributed by atoms with Gasteiger partial charge in [0.2, 0.25) is 0 Å². The molecule has 5 nitrogen and oxygen atoms in total. The van der Waals surface area contributed by atoms with Crippen LogP contribution >= 0.6 is 11.6 Å². The van der Waals surface area contributed by atoms with Crippen LogP contribution in [0.2, 0.25) is 5.02 Å². The van der Waals surface area contributed by atoms with Gasteiger partial charge in [0.15, 0.2) is 5.96 Å². The molecule has 2 atom stereocenters. The number of hydrogen-bond acceptors (Lipinski definition) is 3. The number of rotatable bonds is 8. The topological polar surface area (TPSA) is 54.9 Å². The summed E-state index contributed by atoms with van der Waals surface area (Å²) < 4.78 is 11.2. The van der Waals surface area contributed by atoms with Gasteiger partial charge in [0.1, 0.15) is 0 Å². The van der Waals surface area contributed by atoms with E-state index in [9.17, 15) is 0 Å². The fraction of sp³-hybridized carbons (Fsp3) is 0.611. The molecule has 1 heterocycles. The molecule has 0 saturated carbocycles. The molecule has 0 aliphatic carbocycles. The summed E-state index contributed by atoms with van der Waals surface area (Å²) in [6, 6.07) is 7.97. The van der Waals surface area contributed by atoms with Crippen LogP contribution in [0.3, 0.4) is 0 Å². The molecule has 0 aromatic heterocycles. The lowest BCUT2D eigenvalue weighted by molar-refractivity contribution is 0.0200. The molecular formula is C18H28ClN3O2. The average Bonchev–Trinajstić information content (AvgIpc) is 3.08. The van der Waals surface area contributed by atoms with Gasteiger partial charge in [-0.15, -0.1) is 0 Å². The molecule has 0 spiro atoms. The molecule has 0 bridgehead atoms. The fourth-order valence-electron chi connectivity index (χ4n) is 2.60. The van der Waals surface area contributed by atoms with E-state index in [1.165, 1.54) is 0 Å². The van der Waals surface area contributed by atoms with Gasteiger partial charge < -0.3 is 20.1 Å². The third-order valence-corrected chi connectivity index (χ3v) is 4.11. The van der Waals surface area contributed by atoms with Crippen LogP contribution in [-0.4, -0.2) is 45.0 Å². The summed E-state index contributed by atoms with van der Waals surface area (Å²) in [6.07, 6.45) is 2.51. The molecule has 134 valence electrons. The van der Waals surface area contributed by atoms with Crippen LogP contribution in [0.5, 0.6) is 0 Å². The molecule has 2 rings (SSSR count). The molecule has 1 fully saturated rings. The zero-order valence-corrected chi connectivity index (χ0v) is 15.3. The van der Waals surface area contributed by atoms with E-state index >= 15 is 0 Å². The Morgan fingerprint density at radius 3 is 3.08 bits per heavy atom. The third kappa shape index (κ3) is 6.67. The van der Waals surface area contributed by atoms with E-state index in [2.05, 4.69) is 35.5 Å². The lowest BCUT2D eigenvalue weighted by atomic mass is 10.1. The number of ether oxygens (including phenoxy) is 2. The van der Waals surface area contributed by atoms with E-state index in [1.54, 1.807) is 0 Å². The van der Waals surface area contributed by atoms with Crippen LogP contribution < -0.4 is 10.6 Å². The van der Waals surface area contributed by atoms with Crippen LogP contribution in [0, 0.1) is 0 Å². The Morgan fingerprint density at radius 2 is 2.38 bits per heavy atom. The van der Waals surface area contributed by atoms with Gasteiger partial charge in [-0.2, -0.15) is 0 Å². The smallest absolute Gasteiger partial charge is 0.191 e. The first kappa shape index (κ1) is 19.0. The van der Waals surface area contributed by atoms with Crippen molar-refractivity contribution in [3.8, 4) is 0 Å². The van der Waals surface area contributed by atoms with Crippen LogP contribution in [0.25, 0.3) is 0 Å². The molecule has 0 amide bonds. The predicted octanol–water partition coefficient (Wildman–Crippen LogP) is 3.15. The first-order valence-corrected chi connectivity index (χ1v) is 9.06. The summed E-state index contributed by atoms with van der Waals surface area (Å²) in [5, 5.41) is 7.39. The molecule has 24 heavy (non-hydrogen) atoms. The van der Waals surface area contributed by atoms with Crippen molar-refractivity contribution in [3.05, 3.63) is 34.9 Å². The minimum Gasteiger partial charge on any atom is -0.377 e. The molecule has 1 aliphatic rings. The molecule has 2 unspecified atom stereocenters. The second-order valence-electron chi connectivity index (χ2n) is 5.89. The third-order valence-electron chi connectivity index (χ3n) is 3.88. The number of guanidine groups is 1. The highest BCUT2D eigenvalue weighted by Crippen LogP contribution is 2.17. The molecular weight excluding hydrogens is 326 g/mol. The maximum atomic E-state index is 6.06. The van der Waals surface area contributed by atoms with E-state index < -0.39 is 0 Å². The van der Waals surface area contributed by atoms with Crippen molar-refractivity contribution in [2.75, 3.05) is 32.9 Å². The van der Waals surface area contributed by atoms with Crippen LogP contribution in [-0.2, 0) is 9.47 Å². The van der Waals surface area contributed by atoms with Gasteiger partial charge in [-0.05, 0) is 44.4 Å². The van der Waals surface area contributed by atoms with Gasteiger partial charge in [0.25, 0.3) is 0 Å².